The van der Waals surface area contributed by atoms with Gasteiger partial charge in [-0.3, -0.25) is 0 Å². The van der Waals surface area contributed by atoms with Crippen molar-refractivity contribution in [1.82, 2.24) is 0 Å². The molecule has 0 aliphatic carbocycles. The third-order valence-corrected chi connectivity index (χ3v) is 0. The molecular weight excluding hydrogens is 144 g/mol. The second kappa shape index (κ2) is 35.6. The summed E-state index contributed by atoms with van der Waals surface area (Å²) in [5.74, 6) is 0. The fourth-order valence-electron chi connectivity index (χ4n) is 0. The standard InChI is InChI=1S/Al.3Na.H2O.2O/h;;;;1H2;;/q4*+1;;;-2/p-1. The van der Waals surface area contributed by atoms with Crippen LogP contribution in [0.15, 0.2) is 0 Å². The van der Waals surface area contributed by atoms with Crippen LogP contribution in [0.4, 0.5) is 0 Å². The molecule has 0 aromatic carbocycles. The second-order valence-corrected chi connectivity index (χ2v) is 0.316. The van der Waals surface area contributed by atoms with Crippen LogP contribution in [-0.4, -0.2) is 19.6 Å². The molecule has 0 bridgehead atoms. The zero-order valence-corrected chi connectivity index (χ0v) is 12.0. The van der Waals surface area contributed by atoms with Crippen molar-refractivity contribution in [3.63, 3.8) is 0 Å². The predicted octanol–water partition coefficient (Wildman–Crippen LogP) is -10.2. The van der Waals surface area contributed by atoms with Crippen molar-refractivity contribution in [3.8, 4) is 0 Å². The van der Waals surface area contributed by atoms with Crippen LogP contribution >= 0.6 is 0 Å². The molecule has 0 unspecified atom stereocenters. The van der Waals surface area contributed by atoms with Crippen molar-refractivity contribution in [3.05, 3.63) is 0 Å². The Morgan fingerprint density at radius 1 is 1.14 bits per heavy atom. The molecule has 1 N–H and O–H groups in total. The summed E-state index contributed by atoms with van der Waals surface area (Å²) in [7, 11) is 0. The van der Waals surface area contributed by atoms with Gasteiger partial charge in [0.1, 0.15) is 0 Å². The summed E-state index contributed by atoms with van der Waals surface area (Å²) in [4.78, 5) is 0. The fraction of sp³-hybridized carbons (Fsp3) is 0. The van der Waals surface area contributed by atoms with E-state index in [4.69, 9.17) is 7.96 Å². The first-order valence-electron chi connectivity index (χ1n) is 0.494. The van der Waals surface area contributed by atoms with Crippen molar-refractivity contribution < 1.29 is 102 Å². The van der Waals surface area contributed by atoms with Crippen LogP contribution in [0.1, 0.15) is 0 Å². The van der Waals surface area contributed by atoms with Gasteiger partial charge in [-0.1, -0.05) is 0 Å². The van der Waals surface area contributed by atoms with E-state index in [1.807, 2.05) is 0 Å². The van der Waals surface area contributed by atoms with E-state index >= 15 is 0 Å². The molecule has 24 valence electrons. The van der Waals surface area contributed by atoms with Crippen LogP contribution in [-0.2, 0) is 9.28 Å². The number of hydrogen-bond donors (Lipinski definition) is 1. The Labute approximate surface area is 115 Å². The monoisotopic (exact) mass is 145 g/mol. The molecule has 0 aromatic heterocycles. The van der Waals surface area contributed by atoms with Crippen LogP contribution in [0.2, 0.25) is 0 Å². The normalized spacial score (nSPS) is 1.14. The topological polar surface area (TPSA) is 65.8 Å². The molecule has 0 radical (unpaired) electrons. The molecule has 0 saturated carbocycles. The molecule has 3 nitrogen and oxygen atoms in total. The van der Waals surface area contributed by atoms with E-state index in [-0.39, 0.29) is 94.1 Å². The molecule has 0 saturated heterocycles. The fourth-order valence-corrected chi connectivity index (χ4v) is 0. The third kappa shape index (κ3) is 47.8. The van der Waals surface area contributed by atoms with E-state index in [0.29, 0.717) is 0 Å². The summed E-state index contributed by atoms with van der Waals surface area (Å²) in [5, 5.41) is 0. The van der Waals surface area contributed by atoms with Gasteiger partial charge in [-0.05, 0) is 0 Å². The first-order chi connectivity index (χ1) is 1.41. The quantitative estimate of drug-likeness (QED) is 0.344. The van der Waals surface area contributed by atoms with Crippen molar-refractivity contribution in [2.45, 2.75) is 0 Å². The Morgan fingerprint density at radius 2 is 1.14 bits per heavy atom. The van der Waals surface area contributed by atoms with Gasteiger partial charge in [0.25, 0.3) is 0 Å². The Balaban J connectivity index is -0.00000000333. The minimum atomic E-state index is -1.50. The predicted molar refractivity (Wildman–Crippen MR) is 9.35 cm³/mol. The molecule has 0 amide bonds. The SMILES string of the molecule is [Na+].[Na+].[Na+].[O-2].[O]=[Al][OH]. The summed E-state index contributed by atoms with van der Waals surface area (Å²) >= 11 is -1.50. The molecular formula is HAlNa3O3+. The summed E-state index contributed by atoms with van der Waals surface area (Å²) < 4.78 is 15.7. The average molecular weight is 145 g/mol. The summed E-state index contributed by atoms with van der Waals surface area (Å²) in [6.45, 7) is 0. The van der Waals surface area contributed by atoms with E-state index in [2.05, 4.69) is 0 Å². The molecule has 0 atom stereocenters. The molecule has 7 heteroatoms. The zero-order chi connectivity index (χ0) is 2.71. The van der Waals surface area contributed by atoms with Gasteiger partial charge in [-0.25, -0.2) is 0 Å². The molecule has 0 rings (SSSR count). The summed E-state index contributed by atoms with van der Waals surface area (Å²) in [6.07, 6.45) is 0. The molecule has 0 aliphatic heterocycles. The number of rotatable bonds is 0. The van der Waals surface area contributed by atoms with Gasteiger partial charge in [0, 0.05) is 0 Å². The average Bonchev–Trinajstić information content (AvgIpc) is 0.918. The van der Waals surface area contributed by atoms with Gasteiger partial charge in [-0.15, -0.1) is 0 Å². The second-order valence-electron chi connectivity index (χ2n) is 0.105. The Bertz CT molecular complexity index is 17.7. The Hall–Kier alpha value is 3.09. The van der Waals surface area contributed by atoms with Crippen molar-refractivity contribution in [1.29, 1.82) is 0 Å². The van der Waals surface area contributed by atoms with Crippen molar-refractivity contribution in [2.75, 3.05) is 0 Å². The van der Waals surface area contributed by atoms with E-state index < -0.39 is 15.5 Å². The van der Waals surface area contributed by atoms with Gasteiger partial charge in [-0.2, -0.15) is 0 Å². The van der Waals surface area contributed by atoms with Crippen molar-refractivity contribution >= 4 is 15.5 Å². The summed E-state index contributed by atoms with van der Waals surface area (Å²) in [5.41, 5.74) is 0. The first-order valence-corrected chi connectivity index (χ1v) is 1.48. The molecule has 0 spiro atoms. The maximum absolute atomic E-state index is 8.57. The van der Waals surface area contributed by atoms with Crippen LogP contribution in [0.25, 0.3) is 0 Å². The molecule has 0 fully saturated rings. The first kappa shape index (κ1) is 32.2. The van der Waals surface area contributed by atoms with Crippen LogP contribution in [0, 0.1) is 0 Å². The van der Waals surface area contributed by atoms with Crippen LogP contribution in [0.5, 0.6) is 0 Å². The van der Waals surface area contributed by atoms with Gasteiger partial charge in [0.15, 0.2) is 0 Å². The van der Waals surface area contributed by atoms with Gasteiger partial charge >= 0.3 is 112 Å². The molecule has 0 aliphatic rings. The Morgan fingerprint density at radius 3 is 1.14 bits per heavy atom. The molecule has 0 heterocycles. The van der Waals surface area contributed by atoms with Crippen molar-refractivity contribution in [2.24, 2.45) is 0 Å². The molecule has 7 heavy (non-hydrogen) atoms. The molecule has 0 aromatic rings. The van der Waals surface area contributed by atoms with E-state index in [0.717, 1.165) is 0 Å². The van der Waals surface area contributed by atoms with Gasteiger partial charge in [0.05, 0.1) is 0 Å². The Kier molecular flexibility index (Phi) is 163. The minimum absolute atomic E-state index is 0. The number of hydrogen-bond acceptors (Lipinski definition) is 1. The summed E-state index contributed by atoms with van der Waals surface area (Å²) in [6, 6.07) is 0. The van der Waals surface area contributed by atoms with E-state index in [1.165, 1.54) is 0 Å². The maximum atomic E-state index is 8.57. The van der Waals surface area contributed by atoms with Gasteiger partial charge < -0.3 is 5.48 Å². The third-order valence-electron chi connectivity index (χ3n) is 0. The van der Waals surface area contributed by atoms with Gasteiger partial charge in [0.2, 0.25) is 0 Å². The van der Waals surface area contributed by atoms with E-state index in [1.54, 1.807) is 0 Å². The van der Waals surface area contributed by atoms with Crippen LogP contribution in [0.3, 0.4) is 0 Å². The van der Waals surface area contributed by atoms with E-state index in [9.17, 15) is 0 Å². The van der Waals surface area contributed by atoms with Crippen LogP contribution < -0.4 is 88.7 Å². The zero-order valence-electron chi connectivity index (χ0n) is 4.84.